The van der Waals surface area contributed by atoms with E-state index in [1.165, 1.54) is 5.56 Å². The lowest BCUT2D eigenvalue weighted by Gasteiger charge is -2.22. The highest BCUT2D eigenvalue weighted by Gasteiger charge is 2.16. The average molecular weight is 319 g/mol. The molecular formula is C14H21BrClN. The predicted molar refractivity (Wildman–Crippen MR) is 79.6 cm³/mol. The van der Waals surface area contributed by atoms with E-state index in [0.29, 0.717) is 5.41 Å². The third kappa shape index (κ3) is 7.07. The molecule has 0 saturated carbocycles. The largest absolute Gasteiger partial charge is 0.311 e. The molecule has 96 valence electrons. The standard InChI is InChI=1S/C14H21BrClN/c1-14(2,3)8-13(16)10-17-9-11-5-4-6-12(15)7-11/h4-7,13,17H,8-10H2,1-3H3. The second-order valence-corrected chi connectivity index (χ2v) is 7.16. The lowest BCUT2D eigenvalue weighted by atomic mass is 9.90. The summed E-state index contributed by atoms with van der Waals surface area (Å²) < 4.78 is 1.12. The Bertz CT molecular complexity index is 346. The minimum Gasteiger partial charge on any atom is -0.311 e. The van der Waals surface area contributed by atoms with Crippen LogP contribution >= 0.6 is 27.5 Å². The van der Waals surface area contributed by atoms with Crippen molar-refractivity contribution in [1.29, 1.82) is 0 Å². The van der Waals surface area contributed by atoms with Crippen LogP contribution in [0.2, 0.25) is 0 Å². The van der Waals surface area contributed by atoms with Gasteiger partial charge in [0, 0.05) is 22.9 Å². The quantitative estimate of drug-likeness (QED) is 0.783. The molecule has 0 aromatic heterocycles. The maximum Gasteiger partial charge on any atom is 0.0465 e. The molecule has 1 atom stereocenters. The third-order valence-corrected chi connectivity index (χ3v) is 3.22. The van der Waals surface area contributed by atoms with Gasteiger partial charge < -0.3 is 5.32 Å². The van der Waals surface area contributed by atoms with Gasteiger partial charge in [0.25, 0.3) is 0 Å². The Kier molecular flexibility index (Phi) is 5.98. The van der Waals surface area contributed by atoms with Crippen LogP contribution in [0.3, 0.4) is 0 Å². The van der Waals surface area contributed by atoms with Crippen molar-refractivity contribution in [1.82, 2.24) is 5.32 Å². The zero-order chi connectivity index (χ0) is 12.9. The van der Waals surface area contributed by atoms with Crippen LogP contribution in [0.4, 0.5) is 0 Å². The molecule has 0 aliphatic carbocycles. The molecule has 0 saturated heterocycles. The van der Waals surface area contributed by atoms with Gasteiger partial charge in [-0.2, -0.15) is 0 Å². The first-order chi connectivity index (χ1) is 7.87. The van der Waals surface area contributed by atoms with Crippen molar-refractivity contribution < 1.29 is 0 Å². The van der Waals surface area contributed by atoms with Crippen molar-refractivity contribution >= 4 is 27.5 Å². The van der Waals surface area contributed by atoms with Crippen molar-refractivity contribution in [3.8, 4) is 0 Å². The highest BCUT2D eigenvalue weighted by molar-refractivity contribution is 9.10. The molecule has 1 nitrogen and oxygen atoms in total. The third-order valence-electron chi connectivity index (χ3n) is 2.42. The Morgan fingerprint density at radius 1 is 1.35 bits per heavy atom. The molecule has 3 heteroatoms. The van der Waals surface area contributed by atoms with Crippen LogP contribution in [0, 0.1) is 5.41 Å². The van der Waals surface area contributed by atoms with Crippen LogP contribution in [-0.4, -0.2) is 11.9 Å². The molecule has 0 spiro atoms. The second kappa shape index (κ2) is 6.77. The number of hydrogen-bond acceptors (Lipinski definition) is 1. The first-order valence-electron chi connectivity index (χ1n) is 5.96. The molecule has 0 aliphatic rings. The van der Waals surface area contributed by atoms with E-state index in [4.69, 9.17) is 11.6 Å². The smallest absolute Gasteiger partial charge is 0.0465 e. The summed E-state index contributed by atoms with van der Waals surface area (Å²) in [4.78, 5) is 0. The lowest BCUT2D eigenvalue weighted by molar-refractivity contribution is 0.364. The van der Waals surface area contributed by atoms with Crippen LogP contribution in [0.15, 0.2) is 28.7 Å². The van der Waals surface area contributed by atoms with Crippen molar-refractivity contribution in [2.24, 2.45) is 5.41 Å². The van der Waals surface area contributed by atoms with E-state index >= 15 is 0 Å². The Morgan fingerprint density at radius 2 is 2.06 bits per heavy atom. The van der Waals surface area contributed by atoms with Gasteiger partial charge in [0.15, 0.2) is 0 Å². The summed E-state index contributed by atoms with van der Waals surface area (Å²) in [6.45, 7) is 8.38. The zero-order valence-electron chi connectivity index (χ0n) is 10.8. The van der Waals surface area contributed by atoms with Crippen molar-refractivity contribution in [2.75, 3.05) is 6.54 Å². The topological polar surface area (TPSA) is 12.0 Å². The molecule has 0 fully saturated rings. The van der Waals surface area contributed by atoms with E-state index in [-0.39, 0.29) is 5.38 Å². The summed E-state index contributed by atoms with van der Waals surface area (Å²) in [6.07, 6.45) is 1.03. The number of benzene rings is 1. The molecule has 0 bridgehead atoms. The fourth-order valence-corrected chi connectivity index (χ4v) is 2.78. The van der Waals surface area contributed by atoms with Crippen LogP contribution < -0.4 is 5.32 Å². The molecule has 1 N–H and O–H groups in total. The van der Waals surface area contributed by atoms with Crippen LogP contribution in [0.5, 0.6) is 0 Å². The number of nitrogens with one attached hydrogen (secondary N) is 1. The number of halogens is 2. The van der Waals surface area contributed by atoms with Gasteiger partial charge in [-0.1, -0.05) is 48.8 Å². The second-order valence-electron chi connectivity index (χ2n) is 5.62. The highest BCUT2D eigenvalue weighted by atomic mass is 79.9. The molecule has 0 radical (unpaired) electrons. The normalized spacial score (nSPS) is 13.7. The molecule has 17 heavy (non-hydrogen) atoms. The van der Waals surface area contributed by atoms with Crippen LogP contribution in [0.1, 0.15) is 32.8 Å². The molecule has 1 aromatic rings. The first-order valence-corrected chi connectivity index (χ1v) is 7.19. The van der Waals surface area contributed by atoms with Gasteiger partial charge in [-0.05, 0) is 29.5 Å². The summed E-state index contributed by atoms with van der Waals surface area (Å²) in [7, 11) is 0. The molecule has 1 unspecified atom stereocenters. The fourth-order valence-electron chi connectivity index (χ4n) is 1.76. The van der Waals surface area contributed by atoms with Gasteiger partial charge in [-0.25, -0.2) is 0 Å². The lowest BCUT2D eigenvalue weighted by Crippen LogP contribution is -2.26. The number of rotatable bonds is 5. The predicted octanol–water partition coefficient (Wildman–Crippen LogP) is 4.58. The van der Waals surface area contributed by atoms with Crippen molar-refractivity contribution in [2.45, 2.75) is 39.1 Å². The minimum atomic E-state index is 0.196. The highest BCUT2D eigenvalue weighted by Crippen LogP contribution is 2.23. The Hall–Kier alpha value is -0.0500. The van der Waals surface area contributed by atoms with E-state index in [1.54, 1.807) is 0 Å². The van der Waals surface area contributed by atoms with Crippen molar-refractivity contribution in [3.05, 3.63) is 34.3 Å². The van der Waals surface area contributed by atoms with E-state index < -0.39 is 0 Å². The maximum absolute atomic E-state index is 6.29. The molecule has 0 heterocycles. The van der Waals surface area contributed by atoms with E-state index in [2.05, 4.69) is 60.2 Å². The summed E-state index contributed by atoms with van der Waals surface area (Å²) in [5.74, 6) is 0. The Morgan fingerprint density at radius 3 is 2.65 bits per heavy atom. The molecule has 1 rings (SSSR count). The molecular weight excluding hydrogens is 298 g/mol. The van der Waals surface area contributed by atoms with Gasteiger partial charge in [0.1, 0.15) is 0 Å². The zero-order valence-corrected chi connectivity index (χ0v) is 13.1. The fraction of sp³-hybridized carbons (Fsp3) is 0.571. The Balaban J connectivity index is 2.28. The SMILES string of the molecule is CC(C)(C)CC(Cl)CNCc1cccc(Br)c1. The van der Waals surface area contributed by atoms with Gasteiger partial charge in [0.05, 0.1) is 0 Å². The van der Waals surface area contributed by atoms with Crippen LogP contribution in [0.25, 0.3) is 0 Å². The van der Waals surface area contributed by atoms with E-state index in [0.717, 1.165) is 24.0 Å². The Labute approximate surface area is 118 Å². The summed E-state index contributed by atoms with van der Waals surface area (Å²) in [5, 5.41) is 3.59. The average Bonchev–Trinajstić information content (AvgIpc) is 2.14. The van der Waals surface area contributed by atoms with Crippen LogP contribution in [-0.2, 0) is 6.54 Å². The summed E-state index contributed by atoms with van der Waals surface area (Å²) in [6, 6.07) is 8.33. The van der Waals surface area contributed by atoms with Crippen molar-refractivity contribution in [3.63, 3.8) is 0 Å². The van der Waals surface area contributed by atoms with Gasteiger partial charge in [0.2, 0.25) is 0 Å². The number of alkyl halides is 1. The van der Waals surface area contributed by atoms with E-state index in [9.17, 15) is 0 Å². The van der Waals surface area contributed by atoms with Gasteiger partial charge >= 0.3 is 0 Å². The molecule has 0 aliphatic heterocycles. The summed E-state index contributed by atoms with van der Waals surface area (Å²) >= 11 is 9.76. The first kappa shape index (κ1) is 15.0. The molecule has 1 aromatic carbocycles. The summed E-state index contributed by atoms with van der Waals surface area (Å²) in [5.41, 5.74) is 1.57. The minimum absolute atomic E-state index is 0.196. The van der Waals surface area contributed by atoms with Gasteiger partial charge in [-0.15, -0.1) is 11.6 Å². The molecule has 0 amide bonds. The van der Waals surface area contributed by atoms with Gasteiger partial charge in [-0.3, -0.25) is 0 Å². The monoisotopic (exact) mass is 317 g/mol. The number of hydrogen-bond donors (Lipinski definition) is 1. The van der Waals surface area contributed by atoms with E-state index in [1.807, 2.05) is 6.07 Å². The maximum atomic E-state index is 6.29.